The molecule has 1 fully saturated rings. The molecule has 2 rings (SSSR count). The van der Waals surface area contributed by atoms with Gasteiger partial charge in [0, 0.05) is 6.20 Å². The Balaban J connectivity index is 2.37. The number of nitrogens with zero attached hydrogens (tertiary/aromatic N) is 3. The fourth-order valence-corrected chi connectivity index (χ4v) is 3.88. The van der Waals surface area contributed by atoms with Crippen LogP contribution in [0.4, 0.5) is 0 Å². The van der Waals surface area contributed by atoms with E-state index in [4.69, 9.17) is 5.26 Å². The smallest absolute Gasteiger partial charge is 0.244 e. The van der Waals surface area contributed by atoms with Crippen LogP contribution in [0, 0.1) is 22.7 Å². The maximum atomic E-state index is 12.4. The molecule has 0 aliphatic heterocycles. The van der Waals surface area contributed by atoms with Gasteiger partial charge in [0.15, 0.2) is 5.69 Å². The summed E-state index contributed by atoms with van der Waals surface area (Å²) in [4.78, 5) is 3.56. The van der Waals surface area contributed by atoms with Crippen molar-refractivity contribution in [3.05, 3.63) is 24.0 Å². The maximum Gasteiger partial charge on any atom is 0.244 e. The Bertz CT molecular complexity index is 679. The van der Waals surface area contributed by atoms with Crippen molar-refractivity contribution in [3.8, 4) is 12.1 Å². The highest BCUT2D eigenvalue weighted by molar-refractivity contribution is 7.89. The van der Waals surface area contributed by atoms with E-state index in [1.165, 1.54) is 18.3 Å². The summed E-state index contributed by atoms with van der Waals surface area (Å²) in [5.41, 5.74) is -1.23. The van der Waals surface area contributed by atoms with Crippen LogP contribution in [0.2, 0.25) is 0 Å². The molecule has 0 atom stereocenters. The first-order chi connectivity index (χ1) is 9.53. The fourth-order valence-electron chi connectivity index (χ4n) is 2.40. The van der Waals surface area contributed by atoms with Crippen molar-refractivity contribution < 1.29 is 8.42 Å². The highest BCUT2D eigenvalue weighted by Gasteiger charge is 2.37. The van der Waals surface area contributed by atoms with Gasteiger partial charge in [-0.1, -0.05) is 19.3 Å². The lowest BCUT2D eigenvalue weighted by Crippen LogP contribution is -2.48. The van der Waals surface area contributed by atoms with Crippen LogP contribution >= 0.6 is 0 Å². The van der Waals surface area contributed by atoms with Gasteiger partial charge in [-0.05, 0) is 25.0 Å². The molecule has 0 unspecified atom stereocenters. The van der Waals surface area contributed by atoms with Gasteiger partial charge < -0.3 is 0 Å². The van der Waals surface area contributed by atoms with E-state index in [1.54, 1.807) is 6.07 Å². The van der Waals surface area contributed by atoms with Gasteiger partial charge >= 0.3 is 0 Å². The van der Waals surface area contributed by atoms with E-state index in [2.05, 4.69) is 15.8 Å². The van der Waals surface area contributed by atoms with Crippen molar-refractivity contribution in [2.75, 3.05) is 0 Å². The monoisotopic (exact) mass is 290 g/mol. The van der Waals surface area contributed by atoms with Gasteiger partial charge in [0.25, 0.3) is 0 Å². The predicted molar refractivity (Wildman–Crippen MR) is 70.7 cm³/mol. The first kappa shape index (κ1) is 14.4. The third-order valence-corrected chi connectivity index (χ3v) is 4.98. The molecule has 1 aromatic heterocycles. The summed E-state index contributed by atoms with van der Waals surface area (Å²) in [5, 5.41) is 18.3. The number of pyridine rings is 1. The number of sulfonamides is 1. The Labute approximate surface area is 118 Å². The predicted octanol–water partition coefficient (Wildman–Crippen LogP) is 1.46. The van der Waals surface area contributed by atoms with Crippen molar-refractivity contribution in [1.82, 2.24) is 9.71 Å². The second-order valence-corrected chi connectivity index (χ2v) is 6.47. The minimum absolute atomic E-state index is 0.163. The molecular formula is C13H14N4O2S. The molecule has 1 saturated carbocycles. The molecule has 0 spiro atoms. The lowest BCUT2D eigenvalue weighted by molar-refractivity contribution is 0.338. The molecule has 1 N–H and O–H groups in total. The summed E-state index contributed by atoms with van der Waals surface area (Å²) in [6.45, 7) is 0. The molecular weight excluding hydrogens is 276 g/mol. The van der Waals surface area contributed by atoms with Crippen LogP contribution < -0.4 is 4.72 Å². The standard InChI is InChI=1S/C13H14N4O2S/c14-9-11-12(5-4-8-16-11)20(18,19)17-13(10-15)6-2-1-3-7-13/h4-5,8,17H,1-3,6-7H2. The van der Waals surface area contributed by atoms with Crippen LogP contribution in [-0.2, 0) is 10.0 Å². The van der Waals surface area contributed by atoms with Crippen molar-refractivity contribution in [1.29, 1.82) is 10.5 Å². The highest BCUT2D eigenvalue weighted by Crippen LogP contribution is 2.29. The van der Waals surface area contributed by atoms with Crippen LogP contribution in [0.3, 0.4) is 0 Å². The maximum absolute atomic E-state index is 12.4. The minimum Gasteiger partial charge on any atom is -0.244 e. The fraction of sp³-hybridized carbons (Fsp3) is 0.462. The normalized spacial score (nSPS) is 17.9. The molecule has 0 radical (unpaired) electrons. The Morgan fingerprint density at radius 2 is 1.95 bits per heavy atom. The molecule has 1 heterocycles. The number of aromatic nitrogens is 1. The molecule has 6 nitrogen and oxygen atoms in total. The van der Waals surface area contributed by atoms with Crippen LogP contribution in [0.25, 0.3) is 0 Å². The van der Waals surface area contributed by atoms with Crippen molar-refractivity contribution in [2.24, 2.45) is 0 Å². The van der Waals surface area contributed by atoms with Gasteiger partial charge in [0.2, 0.25) is 10.0 Å². The molecule has 0 aromatic carbocycles. The van der Waals surface area contributed by atoms with Crippen molar-refractivity contribution in [2.45, 2.75) is 42.5 Å². The number of nitrogens with one attached hydrogen (secondary N) is 1. The molecule has 104 valence electrons. The average molecular weight is 290 g/mol. The Morgan fingerprint density at radius 1 is 1.25 bits per heavy atom. The molecule has 1 aromatic rings. The van der Waals surface area contributed by atoms with Gasteiger partial charge in [-0.3, -0.25) is 0 Å². The van der Waals surface area contributed by atoms with E-state index in [9.17, 15) is 13.7 Å². The van der Waals surface area contributed by atoms with E-state index >= 15 is 0 Å². The Kier molecular flexibility index (Phi) is 4.03. The van der Waals surface area contributed by atoms with E-state index in [1.807, 2.05) is 0 Å². The Hall–Kier alpha value is -1.96. The molecule has 0 bridgehead atoms. The summed E-state index contributed by atoms with van der Waals surface area (Å²) in [6.07, 6.45) is 4.97. The van der Waals surface area contributed by atoms with Gasteiger partial charge in [-0.15, -0.1) is 0 Å². The molecule has 1 aliphatic carbocycles. The summed E-state index contributed by atoms with van der Waals surface area (Å²) in [5.74, 6) is 0. The first-order valence-corrected chi connectivity index (χ1v) is 7.82. The van der Waals surface area contributed by atoms with E-state index in [-0.39, 0.29) is 10.6 Å². The SMILES string of the molecule is N#Cc1ncccc1S(=O)(=O)NC1(C#N)CCCCC1. The lowest BCUT2D eigenvalue weighted by atomic mass is 9.84. The van der Waals surface area contributed by atoms with Gasteiger partial charge in [-0.25, -0.2) is 13.4 Å². The third-order valence-electron chi connectivity index (χ3n) is 3.42. The topological polar surface area (TPSA) is 107 Å². The zero-order chi connectivity index (χ0) is 14.6. The lowest BCUT2D eigenvalue weighted by Gasteiger charge is -2.31. The van der Waals surface area contributed by atoms with Crippen LogP contribution in [-0.4, -0.2) is 18.9 Å². The van der Waals surface area contributed by atoms with Crippen LogP contribution in [0.5, 0.6) is 0 Å². The summed E-state index contributed by atoms with van der Waals surface area (Å²) in [7, 11) is -3.93. The largest absolute Gasteiger partial charge is 0.244 e. The highest BCUT2D eigenvalue weighted by atomic mass is 32.2. The number of hydrogen-bond donors (Lipinski definition) is 1. The van der Waals surface area contributed by atoms with Gasteiger partial charge in [-0.2, -0.15) is 15.2 Å². The van der Waals surface area contributed by atoms with Crippen LogP contribution in [0.15, 0.2) is 23.2 Å². The number of nitriles is 2. The summed E-state index contributed by atoms with van der Waals surface area (Å²) in [6, 6.07) is 6.62. The molecule has 20 heavy (non-hydrogen) atoms. The molecule has 0 saturated heterocycles. The quantitative estimate of drug-likeness (QED) is 0.906. The number of rotatable bonds is 3. The first-order valence-electron chi connectivity index (χ1n) is 6.33. The zero-order valence-corrected chi connectivity index (χ0v) is 11.7. The van der Waals surface area contributed by atoms with E-state index < -0.39 is 15.6 Å². The van der Waals surface area contributed by atoms with Crippen molar-refractivity contribution in [3.63, 3.8) is 0 Å². The Morgan fingerprint density at radius 3 is 2.55 bits per heavy atom. The zero-order valence-electron chi connectivity index (χ0n) is 10.8. The average Bonchev–Trinajstić information content (AvgIpc) is 2.47. The molecule has 7 heteroatoms. The van der Waals surface area contributed by atoms with Gasteiger partial charge in [0.05, 0.1) is 6.07 Å². The minimum atomic E-state index is -3.93. The van der Waals surface area contributed by atoms with Gasteiger partial charge in [0.1, 0.15) is 16.5 Å². The van der Waals surface area contributed by atoms with Crippen molar-refractivity contribution >= 4 is 10.0 Å². The number of hydrogen-bond acceptors (Lipinski definition) is 5. The van der Waals surface area contributed by atoms with E-state index in [0.717, 1.165) is 19.3 Å². The second-order valence-electron chi connectivity index (χ2n) is 4.82. The second kappa shape index (κ2) is 5.58. The van der Waals surface area contributed by atoms with Crippen LogP contribution in [0.1, 0.15) is 37.8 Å². The molecule has 0 amide bonds. The summed E-state index contributed by atoms with van der Waals surface area (Å²) >= 11 is 0. The summed E-state index contributed by atoms with van der Waals surface area (Å²) < 4.78 is 27.3. The third kappa shape index (κ3) is 2.79. The molecule has 1 aliphatic rings. The van der Waals surface area contributed by atoms with E-state index in [0.29, 0.717) is 12.8 Å².